The molecule has 0 aliphatic carbocycles. The summed E-state index contributed by atoms with van der Waals surface area (Å²) >= 11 is 0. The maximum absolute atomic E-state index is 2.23. The van der Waals surface area contributed by atoms with Gasteiger partial charge in [-0.05, 0) is 50.0 Å². The first-order valence-corrected chi connectivity index (χ1v) is 5.74. The molecule has 0 aromatic heterocycles. The van der Waals surface area contributed by atoms with Crippen LogP contribution in [0.5, 0.6) is 0 Å². The van der Waals surface area contributed by atoms with Gasteiger partial charge in [0.15, 0.2) is 0 Å². The van der Waals surface area contributed by atoms with Crippen molar-refractivity contribution in [3.63, 3.8) is 0 Å². The molecule has 0 unspecified atom stereocenters. The maximum Gasteiger partial charge on any atom is 0.0333 e. The molecule has 1 rings (SSSR count). The van der Waals surface area contributed by atoms with Crippen molar-refractivity contribution in [2.45, 2.75) is 27.7 Å². The molecule has 0 atom stereocenters. The lowest BCUT2D eigenvalue weighted by molar-refractivity contribution is 1.30. The van der Waals surface area contributed by atoms with Gasteiger partial charge in [-0.3, -0.25) is 0 Å². The Morgan fingerprint density at radius 2 is 1.77 bits per heavy atom. The smallest absolute Gasteiger partial charge is 0.0333 e. The number of allylic oxidation sites excluding steroid dienone is 2. The summed E-state index contributed by atoms with van der Waals surface area (Å²) in [5.74, 6) is 0. The fourth-order valence-electron chi connectivity index (χ4n) is 1.43. The molecular weight excluding hydrogens is 172 g/mol. The van der Waals surface area contributed by atoms with Crippen molar-refractivity contribution < 1.29 is 0 Å². The van der Waals surface area contributed by atoms with Gasteiger partial charge in [0.25, 0.3) is 0 Å². The molecule has 0 N–H and O–H groups in total. The van der Waals surface area contributed by atoms with Crippen molar-refractivity contribution in [3.8, 4) is 0 Å². The SMILES string of the molecule is CC([SiH3])=C(C)c1cccc(C)c1C. The van der Waals surface area contributed by atoms with E-state index in [2.05, 4.69) is 45.9 Å². The molecule has 0 amide bonds. The largest absolute Gasteiger partial charge is 0.0913 e. The van der Waals surface area contributed by atoms with Crippen LogP contribution in [0.3, 0.4) is 0 Å². The van der Waals surface area contributed by atoms with E-state index in [1.165, 1.54) is 27.5 Å². The van der Waals surface area contributed by atoms with Crippen LogP contribution in [0, 0.1) is 13.8 Å². The van der Waals surface area contributed by atoms with Crippen LogP contribution in [0.2, 0.25) is 0 Å². The molecule has 0 fully saturated rings. The number of benzene rings is 1. The molecule has 0 spiro atoms. The summed E-state index contributed by atoms with van der Waals surface area (Å²) in [6.45, 7) is 8.83. The number of hydrogen-bond acceptors (Lipinski definition) is 0. The highest BCUT2D eigenvalue weighted by Gasteiger charge is 2.02. The summed E-state index contributed by atoms with van der Waals surface area (Å²) in [7, 11) is 1.16. The van der Waals surface area contributed by atoms with E-state index in [-0.39, 0.29) is 0 Å². The zero-order valence-electron chi connectivity index (χ0n) is 9.23. The topological polar surface area (TPSA) is 0 Å². The van der Waals surface area contributed by atoms with Crippen LogP contribution in [0.25, 0.3) is 5.57 Å². The fraction of sp³-hybridized carbons (Fsp3) is 0.333. The number of aryl methyl sites for hydroxylation is 1. The highest BCUT2D eigenvalue weighted by molar-refractivity contribution is 6.24. The van der Waals surface area contributed by atoms with E-state index in [4.69, 9.17) is 0 Å². The van der Waals surface area contributed by atoms with Gasteiger partial charge in [0.2, 0.25) is 0 Å². The molecule has 0 bridgehead atoms. The van der Waals surface area contributed by atoms with Crippen LogP contribution in [0.4, 0.5) is 0 Å². The summed E-state index contributed by atoms with van der Waals surface area (Å²) in [6.07, 6.45) is 0. The molecule has 0 nitrogen and oxygen atoms in total. The highest BCUT2D eigenvalue weighted by atomic mass is 28.1. The van der Waals surface area contributed by atoms with Crippen LogP contribution in [0.15, 0.2) is 23.4 Å². The van der Waals surface area contributed by atoms with Crippen molar-refractivity contribution in [2.75, 3.05) is 0 Å². The van der Waals surface area contributed by atoms with Gasteiger partial charge in [-0.25, -0.2) is 0 Å². The summed E-state index contributed by atoms with van der Waals surface area (Å²) in [4.78, 5) is 0. The molecule has 0 aliphatic rings. The van der Waals surface area contributed by atoms with E-state index < -0.39 is 0 Å². The first-order valence-electron chi connectivity index (χ1n) is 4.74. The van der Waals surface area contributed by atoms with Gasteiger partial charge in [-0.15, -0.1) is 0 Å². The second kappa shape index (κ2) is 3.92. The third-order valence-corrected chi connectivity index (χ3v) is 3.51. The quantitative estimate of drug-likeness (QED) is 0.597. The molecule has 0 heterocycles. The molecule has 70 valence electrons. The lowest BCUT2D eigenvalue weighted by Crippen LogP contribution is -1.91. The zero-order chi connectivity index (χ0) is 10.0. The van der Waals surface area contributed by atoms with E-state index in [1.807, 2.05) is 0 Å². The Bertz CT molecular complexity index is 344. The van der Waals surface area contributed by atoms with Crippen LogP contribution in [0.1, 0.15) is 30.5 Å². The predicted molar refractivity (Wildman–Crippen MR) is 64.1 cm³/mol. The Hall–Kier alpha value is -0.823. The third kappa shape index (κ3) is 2.10. The van der Waals surface area contributed by atoms with Gasteiger partial charge >= 0.3 is 0 Å². The lowest BCUT2D eigenvalue weighted by Gasteiger charge is -2.10. The monoisotopic (exact) mass is 190 g/mol. The van der Waals surface area contributed by atoms with Crippen molar-refractivity contribution in [2.24, 2.45) is 0 Å². The molecule has 0 radical (unpaired) electrons. The van der Waals surface area contributed by atoms with Gasteiger partial charge in [0.05, 0.1) is 0 Å². The van der Waals surface area contributed by atoms with Crippen LogP contribution < -0.4 is 0 Å². The Labute approximate surface area is 84.1 Å². The van der Waals surface area contributed by atoms with E-state index in [0.717, 1.165) is 10.2 Å². The molecule has 1 heteroatoms. The van der Waals surface area contributed by atoms with E-state index in [1.54, 1.807) is 0 Å². The minimum Gasteiger partial charge on any atom is -0.0913 e. The molecule has 0 saturated heterocycles. The molecule has 0 aliphatic heterocycles. The fourth-order valence-corrected chi connectivity index (χ4v) is 1.70. The molecular formula is C12H18Si. The average molecular weight is 190 g/mol. The summed E-state index contributed by atoms with van der Waals surface area (Å²) < 4.78 is 0. The Morgan fingerprint density at radius 1 is 1.15 bits per heavy atom. The first kappa shape index (κ1) is 10.3. The normalized spacial score (nSPS) is 12.9. The van der Waals surface area contributed by atoms with Gasteiger partial charge < -0.3 is 0 Å². The van der Waals surface area contributed by atoms with Crippen molar-refractivity contribution >= 4 is 15.8 Å². The van der Waals surface area contributed by atoms with Crippen molar-refractivity contribution in [3.05, 3.63) is 40.1 Å². The average Bonchev–Trinajstić information content (AvgIpc) is 2.08. The summed E-state index contributed by atoms with van der Waals surface area (Å²) in [5, 5.41) is 1.54. The lowest BCUT2D eigenvalue weighted by atomic mass is 9.98. The van der Waals surface area contributed by atoms with Crippen LogP contribution in [-0.2, 0) is 0 Å². The zero-order valence-corrected chi connectivity index (χ0v) is 11.2. The maximum atomic E-state index is 2.23. The van der Waals surface area contributed by atoms with Gasteiger partial charge in [0, 0.05) is 10.2 Å². The second-order valence-electron chi connectivity index (χ2n) is 3.87. The highest BCUT2D eigenvalue weighted by Crippen LogP contribution is 2.22. The number of rotatable bonds is 1. The van der Waals surface area contributed by atoms with Gasteiger partial charge in [-0.2, -0.15) is 0 Å². The third-order valence-electron chi connectivity index (χ3n) is 2.76. The van der Waals surface area contributed by atoms with Crippen LogP contribution in [-0.4, -0.2) is 10.2 Å². The number of hydrogen-bond donors (Lipinski definition) is 0. The van der Waals surface area contributed by atoms with E-state index in [0.29, 0.717) is 0 Å². The molecule has 0 saturated carbocycles. The predicted octanol–water partition coefficient (Wildman–Crippen LogP) is 2.42. The Balaban J connectivity index is 3.32. The van der Waals surface area contributed by atoms with Crippen molar-refractivity contribution in [1.29, 1.82) is 0 Å². The molecule has 1 aromatic rings. The van der Waals surface area contributed by atoms with Gasteiger partial charge in [-0.1, -0.05) is 23.4 Å². The summed E-state index contributed by atoms with van der Waals surface area (Å²) in [5.41, 5.74) is 5.70. The van der Waals surface area contributed by atoms with Crippen LogP contribution >= 0.6 is 0 Å². The minimum atomic E-state index is 1.16. The second-order valence-corrected chi connectivity index (χ2v) is 5.37. The minimum absolute atomic E-state index is 1.16. The molecule has 13 heavy (non-hydrogen) atoms. The Morgan fingerprint density at radius 3 is 2.31 bits per heavy atom. The standard InChI is InChI=1S/C12H18Si/c1-8-6-5-7-12(9(8)2)10(3)11(4)13/h5-7H,1-4,13H3. The Kier molecular flexibility index (Phi) is 3.10. The van der Waals surface area contributed by atoms with Crippen molar-refractivity contribution in [1.82, 2.24) is 0 Å². The first-order chi connectivity index (χ1) is 6.04. The molecule has 1 aromatic carbocycles. The van der Waals surface area contributed by atoms with E-state index >= 15 is 0 Å². The van der Waals surface area contributed by atoms with Gasteiger partial charge in [0.1, 0.15) is 0 Å². The van der Waals surface area contributed by atoms with E-state index in [9.17, 15) is 0 Å². The summed E-state index contributed by atoms with van der Waals surface area (Å²) in [6, 6.07) is 6.54.